The molecule has 0 aliphatic carbocycles. The third kappa shape index (κ3) is 4.58. The van der Waals surface area contributed by atoms with E-state index in [-0.39, 0.29) is 12.2 Å². The lowest BCUT2D eigenvalue weighted by atomic mass is 10.1. The van der Waals surface area contributed by atoms with Crippen LogP contribution in [0.2, 0.25) is 0 Å². The van der Waals surface area contributed by atoms with E-state index in [0.717, 1.165) is 31.7 Å². The number of likely N-dealkylation sites (tertiary alicyclic amines) is 1. The highest BCUT2D eigenvalue weighted by Crippen LogP contribution is 2.24. The highest BCUT2D eigenvalue weighted by Gasteiger charge is 2.22. The summed E-state index contributed by atoms with van der Waals surface area (Å²) < 4.78 is 7.98. The predicted octanol–water partition coefficient (Wildman–Crippen LogP) is 2.40. The number of aliphatic hydroxyl groups excluding tert-OH is 1. The van der Waals surface area contributed by atoms with Gasteiger partial charge in [-0.3, -0.25) is 4.68 Å². The van der Waals surface area contributed by atoms with Gasteiger partial charge in [0.15, 0.2) is 0 Å². The van der Waals surface area contributed by atoms with Crippen LogP contribution in [0.1, 0.15) is 24.0 Å². The molecule has 3 rings (SSSR count). The Bertz CT molecular complexity index is 634. The number of hydrogen-bond acceptors (Lipinski definition) is 4. The average molecular weight is 329 g/mol. The van der Waals surface area contributed by atoms with Crippen molar-refractivity contribution in [3.05, 3.63) is 47.8 Å². The molecule has 5 nitrogen and oxygen atoms in total. The lowest BCUT2D eigenvalue weighted by molar-refractivity contribution is 0.0532. The van der Waals surface area contributed by atoms with E-state index in [1.165, 1.54) is 11.1 Å². The van der Waals surface area contributed by atoms with Crippen LogP contribution >= 0.6 is 0 Å². The van der Waals surface area contributed by atoms with Crippen molar-refractivity contribution in [2.24, 2.45) is 0 Å². The van der Waals surface area contributed by atoms with Crippen LogP contribution < -0.4 is 4.74 Å². The summed E-state index contributed by atoms with van der Waals surface area (Å²) in [7, 11) is 0. The summed E-state index contributed by atoms with van der Waals surface area (Å²) in [5.41, 5.74) is 2.42. The number of benzene rings is 1. The number of piperidine rings is 1. The highest BCUT2D eigenvalue weighted by atomic mass is 16.5. The molecule has 1 aliphatic heterocycles. The summed E-state index contributed by atoms with van der Waals surface area (Å²) in [5, 5.41) is 14.3. The second-order valence-electron chi connectivity index (χ2n) is 6.77. The van der Waals surface area contributed by atoms with E-state index in [1.54, 1.807) is 10.9 Å². The second kappa shape index (κ2) is 7.81. The Morgan fingerprint density at radius 1 is 1.25 bits per heavy atom. The van der Waals surface area contributed by atoms with Crippen LogP contribution in [0.15, 0.2) is 36.7 Å². The number of nitrogens with zero attached hydrogens (tertiary/aromatic N) is 3. The summed E-state index contributed by atoms with van der Waals surface area (Å²) >= 11 is 0. The molecule has 24 heavy (non-hydrogen) atoms. The van der Waals surface area contributed by atoms with E-state index < -0.39 is 0 Å². The smallest absolute Gasteiger partial charge is 0.122 e. The molecule has 0 saturated carbocycles. The molecular formula is C19H27N3O2. The normalized spacial score (nSPS) is 17.8. The molecule has 1 fully saturated rings. The molecule has 0 bridgehead atoms. The van der Waals surface area contributed by atoms with Crippen molar-refractivity contribution < 1.29 is 9.84 Å². The standard InChI is InChI=1S/C19H27N3O2/c1-15-4-5-16(2)19(12-15)24-18-6-10-21(11-7-18)13-17(23)14-22-9-3-8-20-22/h3-5,8-9,12,17-18,23H,6-7,10-11,13-14H2,1-2H3/t17-/m1/s1. The Balaban J connectivity index is 1.44. The van der Waals surface area contributed by atoms with E-state index in [0.29, 0.717) is 13.1 Å². The van der Waals surface area contributed by atoms with E-state index in [9.17, 15) is 5.11 Å². The summed E-state index contributed by atoms with van der Waals surface area (Å²) in [5.74, 6) is 1.01. The van der Waals surface area contributed by atoms with Gasteiger partial charge >= 0.3 is 0 Å². The van der Waals surface area contributed by atoms with E-state index in [1.807, 2.05) is 12.3 Å². The lowest BCUT2D eigenvalue weighted by Gasteiger charge is -2.33. The third-order valence-corrected chi connectivity index (χ3v) is 4.60. The summed E-state index contributed by atoms with van der Waals surface area (Å²) in [4.78, 5) is 2.32. The molecule has 1 aromatic heterocycles. The SMILES string of the molecule is Cc1ccc(C)c(OC2CCN(C[C@@H](O)Cn3cccn3)CC2)c1. The first-order chi connectivity index (χ1) is 11.6. The summed E-state index contributed by atoms with van der Waals surface area (Å²) in [6, 6.07) is 8.23. The predicted molar refractivity (Wildman–Crippen MR) is 94.2 cm³/mol. The van der Waals surface area contributed by atoms with Gasteiger partial charge in [0.1, 0.15) is 11.9 Å². The van der Waals surface area contributed by atoms with Gasteiger partial charge in [-0.25, -0.2) is 0 Å². The van der Waals surface area contributed by atoms with Crippen molar-refractivity contribution in [2.75, 3.05) is 19.6 Å². The van der Waals surface area contributed by atoms with E-state index in [4.69, 9.17) is 4.74 Å². The molecule has 1 saturated heterocycles. The number of rotatable bonds is 6. The zero-order valence-corrected chi connectivity index (χ0v) is 14.6. The van der Waals surface area contributed by atoms with Crippen LogP contribution in [0.25, 0.3) is 0 Å². The van der Waals surface area contributed by atoms with Gasteiger partial charge < -0.3 is 14.7 Å². The van der Waals surface area contributed by atoms with Crippen LogP contribution in [0.4, 0.5) is 0 Å². The van der Waals surface area contributed by atoms with Gasteiger partial charge in [-0.1, -0.05) is 12.1 Å². The topological polar surface area (TPSA) is 50.5 Å². The summed E-state index contributed by atoms with van der Waals surface area (Å²) in [6.45, 7) is 7.35. The molecule has 130 valence electrons. The number of aromatic nitrogens is 2. The van der Waals surface area contributed by atoms with Gasteiger partial charge in [0.25, 0.3) is 0 Å². The maximum absolute atomic E-state index is 10.2. The van der Waals surface area contributed by atoms with Crippen LogP contribution in [-0.4, -0.2) is 51.6 Å². The Morgan fingerprint density at radius 2 is 2.04 bits per heavy atom. The molecular weight excluding hydrogens is 302 g/mol. The van der Waals surface area contributed by atoms with Gasteiger partial charge in [0.05, 0.1) is 12.6 Å². The number of aryl methyl sites for hydroxylation is 2. The zero-order chi connectivity index (χ0) is 16.9. The van der Waals surface area contributed by atoms with Crippen LogP contribution in [-0.2, 0) is 6.54 Å². The first-order valence-corrected chi connectivity index (χ1v) is 8.72. The van der Waals surface area contributed by atoms with Crippen LogP contribution in [0.3, 0.4) is 0 Å². The van der Waals surface area contributed by atoms with E-state index >= 15 is 0 Å². The van der Waals surface area contributed by atoms with Crippen molar-refractivity contribution in [3.8, 4) is 5.75 Å². The number of β-amino-alcohol motifs (C(OH)–C–C–N with tert-alkyl or cyclic N) is 1. The minimum absolute atomic E-state index is 0.269. The van der Waals surface area contributed by atoms with Gasteiger partial charge in [-0.05, 0) is 49.9 Å². The molecule has 0 radical (unpaired) electrons. The first-order valence-electron chi connectivity index (χ1n) is 8.72. The molecule has 2 heterocycles. The maximum atomic E-state index is 10.2. The fourth-order valence-electron chi connectivity index (χ4n) is 3.20. The minimum Gasteiger partial charge on any atom is -0.490 e. The van der Waals surface area contributed by atoms with Crippen LogP contribution in [0, 0.1) is 13.8 Å². The van der Waals surface area contributed by atoms with Gasteiger partial charge in [0, 0.05) is 32.0 Å². The molecule has 1 aliphatic rings. The van der Waals surface area contributed by atoms with Gasteiger partial charge in [0.2, 0.25) is 0 Å². The molecule has 5 heteroatoms. The van der Waals surface area contributed by atoms with Crippen molar-refractivity contribution in [3.63, 3.8) is 0 Å². The largest absolute Gasteiger partial charge is 0.490 e. The summed E-state index contributed by atoms with van der Waals surface area (Å²) in [6.07, 6.45) is 5.51. The van der Waals surface area contributed by atoms with Gasteiger partial charge in [-0.2, -0.15) is 5.10 Å². The fourth-order valence-corrected chi connectivity index (χ4v) is 3.20. The van der Waals surface area contributed by atoms with Crippen molar-refractivity contribution in [1.29, 1.82) is 0 Å². The monoisotopic (exact) mass is 329 g/mol. The Morgan fingerprint density at radius 3 is 2.75 bits per heavy atom. The highest BCUT2D eigenvalue weighted by molar-refractivity contribution is 5.36. The number of ether oxygens (including phenoxy) is 1. The molecule has 1 atom stereocenters. The van der Waals surface area contributed by atoms with Crippen LogP contribution in [0.5, 0.6) is 5.75 Å². The minimum atomic E-state index is -0.388. The molecule has 0 spiro atoms. The first kappa shape index (κ1) is 17.0. The zero-order valence-electron chi connectivity index (χ0n) is 14.6. The van der Waals surface area contributed by atoms with Gasteiger partial charge in [-0.15, -0.1) is 0 Å². The Hall–Kier alpha value is -1.85. The number of aliphatic hydroxyl groups is 1. The van der Waals surface area contributed by atoms with E-state index in [2.05, 4.69) is 42.0 Å². The third-order valence-electron chi connectivity index (χ3n) is 4.60. The molecule has 0 unspecified atom stereocenters. The average Bonchev–Trinajstić information content (AvgIpc) is 3.05. The lowest BCUT2D eigenvalue weighted by Crippen LogP contribution is -2.42. The maximum Gasteiger partial charge on any atom is 0.122 e. The second-order valence-corrected chi connectivity index (χ2v) is 6.77. The fraction of sp³-hybridized carbons (Fsp3) is 0.526. The number of hydrogen-bond donors (Lipinski definition) is 1. The molecule has 1 N–H and O–H groups in total. The Kier molecular flexibility index (Phi) is 5.53. The quantitative estimate of drug-likeness (QED) is 0.884. The molecule has 2 aromatic rings. The Labute approximate surface area is 143 Å². The van der Waals surface area contributed by atoms with Crippen molar-refractivity contribution in [2.45, 2.75) is 45.4 Å². The molecule has 0 amide bonds. The van der Waals surface area contributed by atoms with Crippen molar-refractivity contribution in [1.82, 2.24) is 14.7 Å². The molecule has 1 aromatic carbocycles. The van der Waals surface area contributed by atoms with Crippen molar-refractivity contribution >= 4 is 0 Å².